The summed E-state index contributed by atoms with van der Waals surface area (Å²) in [5.74, 6) is 0. The lowest BCUT2D eigenvalue weighted by atomic mass is 10.2. The van der Waals surface area contributed by atoms with Crippen LogP contribution in [0.15, 0.2) is 0 Å². The zero-order valence-corrected chi connectivity index (χ0v) is 13.0. The molecular formula is C10H20Br2O4. The van der Waals surface area contributed by atoms with Gasteiger partial charge in [-0.2, -0.15) is 0 Å². The highest BCUT2D eigenvalue weighted by Gasteiger charge is 2.10. The molecular weight excluding hydrogens is 344 g/mol. The van der Waals surface area contributed by atoms with Gasteiger partial charge >= 0.3 is 0 Å². The smallest absolute Gasteiger partial charge is 0.0947 e. The molecule has 2 unspecified atom stereocenters. The van der Waals surface area contributed by atoms with Gasteiger partial charge in [-0.3, -0.25) is 0 Å². The Morgan fingerprint density at radius 2 is 1.12 bits per heavy atom. The summed E-state index contributed by atoms with van der Waals surface area (Å²) in [6.07, 6.45) is 1.97. The van der Waals surface area contributed by atoms with Crippen LogP contribution in [-0.2, 0) is 19.6 Å². The van der Waals surface area contributed by atoms with Crippen LogP contribution < -0.4 is 0 Å². The largest absolute Gasteiger partial charge is 0.237 e. The van der Waals surface area contributed by atoms with Crippen LogP contribution in [0.4, 0.5) is 0 Å². The Hall–Kier alpha value is 0.800. The van der Waals surface area contributed by atoms with Gasteiger partial charge in [0.25, 0.3) is 0 Å². The maximum absolute atomic E-state index is 4.96. The molecule has 0 aliphatic rings. The van der Waals surface area contributed by atoms with Crippen molar-refractivity contribution in [2.24, 2.45) is 0 Å². The summed E-state index contributed by atoms with van der Waals surface area (Å²) < 4.78 is 0. The van der Waals surface area contributed by atoms with Gasteiger partial charge in [-0.25, -0.2) is 19.6 Å². The van der Waals surface area contributed by atoms with E-state index in [2.05, 4.69) is 31.9 Å². The molecule has 0 saturated heterocycles. The Balaban J connectivity index is 3.32. The summed E-state index contributed by atoms with van der Waals surface area (Å²) in [7, 11) is 0. The van der Waals surface area contributed by atoms with Gasteiger partial charge in [-0.15, -0.1) is 0 Å². The van der Waals surface area contributed by atoms with Gasteiger partial charge in [0.1, 0.15) is 0 Å². The Morgan fingerprint density at radius 3 is 1.44 bits per heavy atom. The van der Waals surface area contributed by atoms with Gasteiger partial charge in [0, 0.05) is 9.65 Å². The number of alkyl halides is 2. The van der Waals surface area contributed by atoms with Crippen molar-refractivity contribution in [3.05, 3.63) is 0 Å². The third-order valence-electron chi connectivity index (χ3n) is 1.69. The third kappa shape index (κ3) is 11.3. The van der Waals surface area contributed by atoms with Crippen molar-refractivity contribution in [1.29, 1.82) is 0 Å². The molecule has 4 nitrogen and oxygen atoms in total. The maximum atomic E-state index is 4.96. The van der Waals surface area contributed by atoms with Crippen LogP contribution in [0.3, 0.4) is 0 Å². The van der Waals surface area contributed by atoms with E-state index in [4.69, 9.17) is 19.6 Å². The monoisotopic (exact) mass is 362 g/mol. The molecule has 0 aromatic heterocycles. The SMILES string of the molecule is CCOOCC(Br)CCC(Br)COOCC. The molecule has 0 rings (SSSR count). The van der Waals surface area contributed by atoms with E-state index >= 15 is 0 Å². The molecule has 0 fully saturated rings. The van der Waals surface area contributed by atoms with Crippen molar-refractivity contribution >= 4 is 31.9 Å². The van der Waals surface area contributed by atoms with E-state index in [9.17, 15) is 0 Å². The summed E-state index contributed by atoms with van der Waals surface area (Å²) in [5, 5.41) is 0. The molecule has 6 heteroatoms. The van der Waals surface area contributed by atoms with Gasteiger partial charge in [-0.05, 0) is 26.7 Å². The fraction of sp³-hybridized carbons (Fsp3) is 1.00. The number of halogens is 2. The average molecular weight is 364 g/mol. The van der Waals surface area contributed by atoms with Gasteiger partial charge in [-0.1, -0.05) is 31.9 Å². The van der Waals surface area contributed by atoms with E-state index in [0.29, 0.717) is 36.1 Å². The molecule has 0 aromatic carbocycles. The van der Waals surface area contributed by atoms with E-state index in [-0.39, 0.29) is 0 Å². The molecule has 0 bridgehead atoms. The molecule has 98 valence electrons. The highest BCUT2D eigenvalue weighted by atomic mass is 79.9. The minimum Gasteiger partial charge on any atom is -0.237 e. The molecule has 0 heterocycles. The van der Waals surface area contributed by atoms with Gasteiger partial charge < -0.3 is 0 Å². The zero-order valence-electron chi connectivity index (χ0n) is 9.79. The standard InChI is InChI=1S/C10H20Br2O4/c1-3-13-15-7-9(11)5-6-10(12)8-16-14-4-2/h9-10H,3-8H2,1-2H3. The lowest BCUT2D eigenvalue weighted by molar-refractivity contribution is -0.291. The van der Waals surface area contributed by atoms with Crippen molar-refractivity contribution in [3.8, 4) is 0 Å². The van der Waals surface area contributed by atoms with Crippen LogP contribution in [0.25, 0.3) is 0 Å². The highest BCUT2D eigenvalue weighted by molar-refractivity contribution is 9.09. The van der Waals surface area contributed by atoms with Gasteiger partial charge in [0.2, 0.25) is 0 Å². The first-order chi connectivity index (χ1) is 7.70. The van der Waals surface area contributed by atoms with E-state index in [1.54, 1.807) is 0 Å². The van der Waals surface area contributed by atoms with Crippen LogP contribution in [0.2, 0.25) is 0 Å². The topological polar surface area (TPSA) is 36.9 Å². The summed E-state index contributed by atoms with van der Waals surface area (Å²) in [5.41, 5.74) is 0. The second-order valence-corrected chi connectivity index (χ2v) is 5.74. The molecule has 0 radical (unpaired) electrons. The van der Waals surface area contributed by atoms with Crippen molar-refractivity contribution in [2.45, 2.75) is 36.3 Å². The van der Waals surface area contributed by atoms with Crippen LogP contribution in [0.1, 0.15) is 26.7 Å². The summed E-state index contributed by atoms with van der Waals surface area (Å²) >= 11 is 7.04. The maximum Gasteiger partial charge on any atom is 0.0947 e. The molecule has 0 aliphatic carbocycles. The Morgan fingerprint density at radius 1 is 0.750 bits per heavy atom. The van der Waals surface area contributed by atoms with Crippen molar-refractivity contribution in [3.63, 3.8) is 0 Å². The second-order valence-electron chi connectivity index (χ2n) is 3.15. The van der Waals surface area contributed by atoms with Crippen LogP contribution in [-0.4, -0.2) is 36.1 Å². The quantitative estimate of drug-likeness (QED) is 0.244. The molecule has 0 saturated carbocycles. The number of rotatable bonds is 11. The first kappa shape index (κ1) is 16.8. The average Bonchev–Trinajstić information content (AvgIpc) is 2.27. The van der Waals surface area contributed by atoms with Crippen LogP contribution >= 0.6 is 31.9 Å². The lowest BCUT2D eigenvalue weighted by Crippen LogP contribution is -2.14. The summed E-state index contributed by atoms with van der Waals surface area (Å²) in [6, 6.07) is 0. The van der Waals surface area contributed by atoms with Crippen LogP contribution in [0.5, 0.6) is 0 Å². The number of hydrogen-bond donors (Lipinski definition) is 0. The van der Waals surface area contributed by atoms with E-state index < -0.39 is 0 Å². The fourth-order valence-corrected chi connectivity index (χ4v) is 1.68. The number of hydrogen-bond acceptors (Lipinski definition) is 4. The molecule has 0 N–H and O–H groups in total. The summed E-state index contributed by atoms with van der Waals surface area (Å²) in [6.45, 7) is 6.04. The predicted molar refractivity (Wildman–Crippen MR) is 69.8 cm³/mol. The summed E-state index contributed by atoms with van der Waals surface area (Å²) in [4.78, 5) is 20.1. The van der Waals surface area contributed by atoms with E-state index in [1.165, 1.54) is 0 Å². The Kier molecular flexibility index (Phi) is 12.9. The van der Waals surface area contributed by atoms with Gasteiger partial charge in [0.15, 0.2) is 0 Å². The molecule has 0 aromatic rings. The molecule has 16 heavy (non-hydrogen) atoms. The molecule has 0 spiro atoms. The third-order valence-corrected chi connectivity index (χ3v) is 3.14. The fourth-order valence-electron chi connectivity index (χ4n) is 0.939. The van der Waals surface area contributed by atoms with Crippen molar-refractivity contribution in [2.75, 3.05) is 26.4 Å². The molecule has 0 amide bonds. The minimum atomic E-state index is 0.297. The van der Waals surface area contributed by atoms with Crippen molar-refractivity contribution < 1.29 is 19.6 Å². The zero-order chi connectivity index (χ0) is 12.2. The van der Waals surface area contributed by atoms with Gasteiger partial charge in [0.05, 0.1) is 26.4 Å². The van der Waals surface area contributed by atoms with Crippen molar-refractivity contribution in [1.82, 2.24) is 0 Å². The van der Waals surface area contributed by atoms with E-state index in [0.717, 1.165) is 12.8 Å². The first-order valence-electron chi connectivity index (χ1n) is 5.47. The highest BCUT2D eigenvalue weighted by Crippen LogP contribution is 2.15. The van der Waals surface area contributed by atoms with Crippen LogP contribution in [0, 0.1) is 0 Å². The first-order valence-corrected chi connectivity index (χ1v) is 7.30. The Bertz CT molecular complexity index is 133. The Labute approximate surface area is 114 Å². The minimum absolute atomic E-state index is 0.297. The molecule has 0 aliphatic heterocycles. The molecule has 2 atom stereocenters. The second kappa shape index (κ2) is 12.3. The normalized spacial score (nSPS) is 15.0. The predicted octanol–water partition coefficient (Wildman–Crippen LogP) is 3.23. The lowest BCUT2D eigenvalue weighted by Gasteiger charge is -2.12. The van der Waals surface area contributed by atoms with E-state index in [1.807, 2.05) is 13.8 Å².